The molecule has 0 aliphatic carbocycles. The number of rotatable bonds is 6. The van der Waals surface area contributed by atoms with E-state index >= 15 is 0 Å². The number of halogens is 1. The zero-order chi connectivity index (χ0) is 16.1. The number of nitrogens with zero attached hydrogens (tertiary/aromatic N) is 1. The summed E-state index contributed by atoms with van der Waals surface area (Å²) in [5.41, 5.74) is -0.391. The molecule has 1 aromatic carbocycles. The quantitative estimate of drug-likeness (QED) is 0.591. The Bertz CT molecular complexity index is 562. The number of ether oxygens (including phenoxy) is 2. The fourth-order valence-electron chi connectivity index (χ4n) is 2.49. The second-order valence-electron chi connectivity index (χ2n) is 4.89. The topological polar surface area (TPSA) is 72.9 Å². The summed E-state index contributed by atoms with van der Waals surface area (Å²) in [5, 5.41) is 0. The standard InChI is InChI=1S/C15H16ClNO5/c1-21-9-12(18)11-7-8-17(13(11)19)14(22-15(16)20)10-5-3-2-4-6-10/h2-6,11,14H,7-9H2,1H3. The Morgan fingerprint density at radius 2 is 2.05 bits per heavy atom. The monoisotopic (exact) mass is 325 g/mol. The summed E-state index contributed by atoms with van der Waals surface area (Å²) in [4.78, 5) is 36.8. The minimum absolute atomic E-state index is 0.116. The first-order chi connectivity index (χ1) is 10.5. The van der Waals surface area contributed by atoms with Crippen LogP contribution >= 0.6 is 11.6 Å². The van der Waals surface area contributed by atoms with E-state index in [1.165, 1.54) is 12.0 Å². The maximum Gasteiger partial charge on any atom is 0.405 e. The van der Waals surface area contributed by atoms with Crippen LogP contribution in [0, 0.1) is 5.92 Å². The third-order valence-electron chi connectivity index (χ3n) is 3.49. The zero-order valence-electron chi connectivity index (χ0n) is 12.0. The van der Waals surface area contributed by atoms with Gasteiger partial charge < -0.3 is 14.4 Å². The lowest BCUT2D eigenvalue weighted by Gasteiger charge is -2.27. The number of hydrogen-bond acceptors (Lipinski definition) is 5. The van der Waals surface area contributed by atoms with Gasteiger partial charge in [-0.2, -0.15) is 0 Å². The van der Waals surface area contributed by atoms with Crippen molar-refractivity contribution in [3.63, 3.8) is 0 Å². The summed E-state index contributed by atoms with van der Waals surface area (Å²) >= 11 is 5.31. The van der Waals surface area contributed by atoms with Crippen molar-refractivity contribution in [1.29, 1.82) is 0 Å². The molecule has 1 amide bonds. The number of carbonyl (C=O) groups is 3. The largest absolute Gasteiger partial charge is 0.425 e. The van der Waals surface area contributed by atoms with Gasteiger partial charge >= 0.3 is 5.43 Å². The van der Waals surface area contributed by atoms with Gasteiger partial charge in [0.05, 0.1) is 0 Å². The maximum atomic E-state index is 12.4. The highest BCUT2D eigenvalue weighted by Crippen LogP contribution is 2.30. The highest BCUT2D eigenvalue weighted by atomic mass is 35.5. The molecule has 22 heavy (non-hydrogen) atoms. The second-order valence-corrected chi connectivity index (χ2v) is 5.20. The second kappa shape index (κ2) is 7.38. The van der Waals surface area contributed by atoms with E-state index in [-0.39, 0.29) is 18.3 Å². The molecule has 0 bridgehead atoms. The molecule has 1 aliphatic heterocycles. The number of benzene rings is 1. The number of methoxy groups -OCH3 is 1. The Kier molecular flexibility index (Phi) is 5.51. The smallest absolute Gasteiger partial charge is 0.405 e. The van der Waals surface area contributed by atoms with Gasteiger partial charge in [0.1, 0.15) is 12.5 Å². The predicted molar refractivity (Wildman–Crippen MR) is 78.2 cm³/mol. The highest BCUT2D eigenvalue weighted by Gasteiger charge is 2.41. The summed E-state index contributed by atoms with van der Waals surface area (Å²) < 4.78 is 9.85. The van der Waals surface area contributed by atoms with Crippen LogP contribution in [0.15, 0.2) is 30.3 Å². The van der Waals surface area contributed by atoms with Crippen molar-refractivity contribution in [1.82, 2.24) is 4.90 Å². The summed E-state index contributed by atoms with van der Waals surface area (Å²) in [6.07, 6.45) is -0.566. The van der Waals surface area contributed by atoms with E-state index < -0.39 is 17.6 Å². The van der Waals surface area contributed by atoms with Gasteiger partial charge in [0, 0.05) is 30.8 Å². The van der Waals surface area contributed by atoms with Crippen molar-refractivity contribution < 1.29 is 23.9 Å². The average Bonchev–Trinajstić information content (AvgIpc) is 2.87. The molecule has 7 heteroatoms. The Balaban J connectivity index is 2.21. The number of carbonyl (C=O) groups excluding carboxylic acids is 3. The van der Waals surface area contributed by atoms with Crippen molar-refractivity contribution in [3.8, 4) is 0 Å². The molecule has 0 N–H and O–H groups in total. The predicted octanol–water partition coefficient (Wildman–Crippen LogP) is 2.12. The molecule has 0 spiro atoms. The number of likely N-dealkylation sites (tertiary alicyclic amines) is 1. The van der Waals surface area contributed by atoms with Crippen molar-refractivity contribution in [2.75, 3.05) is 20.3 Å². The van der Waals surface area contributed by atoms with E-state index in [1.807, 2.05) is 0 Å². The fourth-order valence-corrected chi connectivity index (χ4v) is 2.58. The lowest BCUT2D eigenvalue weighted by atomic mass is 10.0. The molecule has 1 aromatic rings. The number of Topliss-reactive ketones (excluding diaryl/α,β-unsaturated/α-hetero) is 1. The Labute approximate surface area is 132 Å². The van der Waals surface area contributed by atoms with Gasteiger partial charge in [-0.05, 0) is 6.42 Å². The highest BCUT2D eigenvalue weighted by molar-refractivity contribution is 6.61. The van der Waals surface area contributed by atoms with Crippen LogP contribution in [0.25, 0.3) is 0 Å². The van der Waals surface area contributed by atoms with Gasteiger partial charge in [0.2, 0.25) is 12.1 Å². The fraction of sp³-hybridized carbons (Fsp3) is 0.400. The van der Waals surface area contributed by atoms with E-state index in [9.17, 15) is 14.4 Å². The lowest BCUT2D eigenvalue weighted by molar-refractivity contribution is -0.144. The van der Waals surface area contributed by atoms with Crippen molar-refractivity contribution in [2.45, 2.75) is 12.6 Å². The number of hydrogen-bond donors (Lipinski definition) is 0. The van der Waals surface area contributed by atoms with Crippen LogP contribution in [0.2, 0.25) is 0 Å². The third-order valence-corrected chi connectivity index (χ3v) is 3.58. The van der Waals surface area contributed by atoms with Gasteiger partial charge in [0.25, 0.3) is 0 Å². The van der Waals surface area contributed by atoms with E-state index in [0.29, 0.717) is 18.5 Å². The molecule has 2 rings (SSSR count). The van der Waals surface area contributed by atoms with E-state index in [4.69, 9.17) is 21.1 Å². The van der Waals surface area contributed by atoms with Gasteiger partial charge in [-0.3, -0.25) is 9.59 Å². The summed E-state index contributed by atoms with van der Waals surface area (Å²) in [6.45, 7) is 0.193. The molecule has 1 saturated heterocycles. The number of ketones is 1. The zero-order valence-corrected chi connectivity index (χ0v) is 12.8. The van der Waals surface area contributed by atoms with Crippen LogP contribution in [0.1, 0.15) is 18.2 Å². The average molecular weight is 326 g/mol. The molecule has 2 unspecified atom stereocenters. The maximum absolute atomic E-state index is 12.4. The summed E-state index contributed by atoms with van der Waals surface area (Å²) in [5.74, 6) is -1.42. The number of amides is 1. The minimum Gasteiger partial charge on any atom is -0.425 e. The van der Waals surface area contributed by atoms with Crippen molar-refractivity contribution >= 4 is 28.7 Å². The first-order valence-corrected chi connectivity index (χ1v) is 7.15. The molecule has 0 radical (unpaired) electrons. The molecule has 6 nitrogen and oxygen atoms in total. The van der Waals surface area contributed by atoms with Crippen LogP contribution in [0.5, 0.6) is 0 Å². The van der Waals surface area contributed by atoms with Crippen LogP contribution in [-0.4, -0.2) is 42.3 Å². The molecule has 1 fully saturated rings. The molecule has 118 valence electrons. The molecule has 0 saturated carbocycles. The summed E-state index contributed by atoms with van der Waals surface area (Å²) in [6, 6.07) is 8.78. The van der Waals surface area contributed by atoms with E-state index in [1.54, 1.807) is 30.3 Å². The van der Waals surface area contributed by atoms with Gasteiger partial charge in [-0.1, -0.05) is 30.3 Å². The van der Waals surface area contributed by atoms with Crippen LogP contribution in [-0.2, 0) is 19.1 Å². The molecule has 2 atom stereocenters. The third kappa shape index (κ3) is 3.64. The summed E-state index contributed by atoms with van der Waals surface area (Å²) in [7, 11) is 1.40. The Hall–Kier alpha value is -1.92. The van der Waals surface area contributed by atoms with Crippen LogP contribution in [0.3, 0.4) is 0 Å². The van der Waals surface area contributed by atoms with Crippen LogP contribution in [0.4, 0.5) is 4.79 Å². The Morgan fingerprint density at radius 1 is 1.36 bits per heavy atom. The molecule has 1 aliphatic rings. The van der Waals surface area contributed by atoms with Crippen molar-refractivity contribution in [2.24, 2.45) is 5.92 Å². The van der Waals surface area contributed by atoms with E-state index in [0.717, 1.165) is 0 Å². The van der Waals surface area contributed by atoms with E-state index in [2.05, 4.69) is 0 Å². The normalized spacial score (nSPS) is 19.1. The molecular formula is C15H16ClNO5. The SMILES string of the molecule is COCC(=O)C1CCN(C(OC(=O)Cl)c2ccccc2)C1=O. The molecule has 0 aromatic heterocycles. The minimum atomic E-state index is -1.01. The Morgan fingerprint density at radius 3 is 2.64 bits per heavy atom. The van der Waals surface area contributed by atoms with Crippen LogP contribution < -0.4 is 0 Å². The first-order valence-electron chi connectivity index (χ1n) is 6.77. The van der Waals surface area contributed by atoms with Gasteiger partial charge in [-0.15, -0.1) is 0 Å². The van der Waals surface area contributed by atoms with Gasteiger partial charge in [0.15, 0.2) is 5.78 Å². The molecular weight excluding hydrogens is 310 g/mol. The molecule has 1 heterocycles. The first kappa shape index (κ1) is 16.5. The lowest BCUT2D eigenvalue weighted by Crippen LogP contribution is -2.36. The van der Waals surface area contributed by atoms with Gasteiger partial charge in [-0.25, -0.2) is 4.79 Å². The van der Waals surface area contributed by atoms with Crippen molar-refractivity contribution in [3.05, 3.63) is 35.9 Å².